The van der Waals surface area contributed by atoms with Gasteiger partial charge in [0, 0.05) is 19.2 Å². The van der Waals surface area contributed by atoms with Crippen LogP contribution in [0.15, 0.2) is 12.3 Å². The molecule has 102 valence electrons. The average molecular weight is 284 g/mol. The van der Waals surface area contributed by atoms with Crippen molar-refractivity contribution in [2.24, 2.45) is 5.92 Å². The van der Waals surface area contributed by atoms with Gasteiger partial charge in [0.05, 0.1) is 10.5 Å². The minimum atomic E-state index is -0.584. The predicted molar refractivity (Wildman–Crippen MR) is 70.2 cm³/mol. The first-order valence-corrected chi connectivity index (χ1v) is 6.50. The van der Waals surface area contributed by atoms with E-state index in [-0.39, 0.29) is 22.3 Å². The van der Waals surface area contributed by atoms with Crippen LogP contribution in [0.25, 0.3) is 0 Å². The minimum absolute atomic E-state index is 0.00977. The van der Waals surface area contributed by atoms with E-state index >= 15 is 0 Å². The number of hydrogen-bond donors (Lipinski definition) is 0. The van der Waals surface area contributed by atoms with Crippen molar-refractivity contribution in [2.45, 2.75) is 19.8 Å². The van der Waals surface area contributed by atoms with Crippen LogP contribution < -0.4 is 0 Å². The zero-order valence-electron chi connectivity index (χ0n) is 10.5. The van der Waals surface area contributed by atoms with Gasteiger partial charge in [0.2, 0.25) is 0 Å². The van der Waals surface area contributed by atoms with Crippen molar-refractivity contribution in [1.29, 1.82) is 0 Å². The molecule has 1 aromatic heterocycles. The van der Waals surface area contributed by atoms with Gasteiger partial charge in [-0.25, -0.2) is 4.98 Å². The number of aromatic nitrogens is 1. The first kappa shape index (κ1) is 13.7. The second-order valence-corrected chi connectivity index (χ2v) is 4.96. The molecule has 2 heterocycles. The quantitative estimate of drug-likeness (QED) is 0.485. The third-order valence-electron chi connectivity index (χ3n) is 3.42. The highest BCUT2D eigenvalue weighted by Gasteiger charge is 2.28. The summed E-state index contributed by atoms with van der Waals surface area (Å²) < 4.78 is 0. The molecule has 0 spiro atoms. The smallest absolute Gasteiger partial charge is 0.288 e. The fourth-order valence-corrected chi connectivity index (χ4v) is 2.39. The molecular weight excluding hydrogens is 270 g/mol. The van der Waals surface area contributed by atoms with Gasteiger partial charge in [-0.1, -0.05) is 24.9 Å². The zero-order chi connectivity index (χ0) is 14.0. The van der Waals surface area contributed by atoms with Crippen LogP contribution in [0, 0.1) is 16.0 Å². The van der Waals surface area contributed by atoms with Crippen molar-refractivity contribution in [2.75, 3.05) is 13.1 Å². The Labute approximate surface area is 115 Å². The van der Waals surface area contributed by atoms with Crippen molar-refractivity contribution in [1.82, 2.24) is 9.88 Å². The Morgan fingerprint density at radius 2 is 2.42 bits per heavy atom. The average Bonchev–Trinajstić information content (AvgIpc) is 2.87. The van der Waals surface area contributed by atoms with Crippen LogP contribution in [0.5, 0.6) is 0 Å². The molecule has 1 aliphatic heterocycles. The normalized spacial score (nSPS) is 18.6. The molecule has 0 aromatic carbocycles. The van der Waals surface area contributed by atoms with E-state index in [1.54, 1.807) is 4.90 Å². The maximum atomic E-state index is 12.3. The van der Waals surface area contributed by atoms with E-state index in [4.69, 9.17) is 11.6 Å². The Morgan fingerprint density at radius 3 is 3.00 bits per heavy atom. The highest BCUT2D eigenvalue weighted by atomic mass is 35.5. The molecule has 1 amide bonds. The number of likely N-dealkylation sites (tertiary alicyclic amines) is 1. The summed E-state index contributed by atoms with van der Waals surface area (Å²) in [5, 5.41) is 10.7. The number of rotatable bonds is 3. The Bertz CT molecular complexity index is 521. The summed E-state index contributed by atoms with van der Waals surface area (Å²) in [4.78, 5) is 27.8. The summed E-state index contributed by atoms with van der Waals surface area (Å²) in [6.45, 7) is 3.42. The molecule has 0 aliphatic carbocycles. The monoisotopic (exact) mass is 283 g/mol. The van der Waals surface area contributed by atoms with E-state index in [1.807, 2.05) is 0 Å². The fourth-order valence-electron chi connectivity index (χ4n) is 2.21. The molecule has 1 aromatic rings. The van der Waals surface area contributed by atoms with Crippen LogP contribution in [-0.2, 0) is 0 Å². The van der Waals surface area contributed by atoms with Crippen LogP contribution in [-0.4, -0.2) is 33.8 Å². The Morgan fingerprint density at radius 1 is 1.68 bits per heavy atom. The second-order valence-electron chi connectivity index (χ2n) is 4.60. The lowest BCUT2D eigenvalue weighted by Crippen LogP contribution is -2.29. The fraction of sp³-hybridized carbons (Fsp3) is 0.500. The lowest BCUT2D eigenvalue weighted by molar-refractivity contribution is -0.385. The van der Waals surface area contributed by atoms with Gasteiger partial charge >= 0.3 is 0 Å². The maximum Gasteiger partial charge on any atom is 0.288 e. The van der Waals surface area contributed by atoms with Gasteiger partial charge in [-0.15, -0.1) is 0 Å². The number of halogens is 1. The number of carbonyl (C=O) groups excluding carboxylic acids is 1. The number of nitrogens with zero attached hydrogens (tertiary/aromatic N) is 3. The summed E-state index contributed by atoms with van der Waals surface area (Å²) >= 11 is 5.86. The highest BCUT2D eigenvalue weighted by molar-refractivity contribution is 6.32. The molecule has 2 rings (SSSR count). The summed E-state index contributed by atoms with van der Waals surface area (Å²) in [7, 11) is 0. The third kappa shape index (κ3) is 2.84. The molecule has 1 atom stereocenters. The molecule has 1 fully saturated rings. The molecule has 0 saturated carbocycles. The van der Waals surface area contributed by atoms with Crippen LogP contribution in [0.2, 0.25) is 5.15 Å². The van der Waals surface area contributed by atoms with Gasteiger partial charge < -0.3 is 4.90 Å². The first-order chi connectivity index (χ1) is 9.02. The molecule has 19 heavy (non-hydrogen) atoms. The molecule has 0 N–H and O–H groups in total. The van der Waals surface area contributed by atoms with Gasteiger partial charge in [0.15, 0.2) is 0 Å². The lowest BCUT2D eigenvalue weighted by Gasteiger charge is -2.16. The molecule has 7 heteroatoms. The van der Waals surface area contributed by atoms with E-state index in [2.05, 4.69) is 11.9 Å². The lowest BCUT2D eigenvalue weighted by atomic mass is 10.1. The Hall–Kier alpha value is -1.69. The number of carbonyl (C=O) groups is 1. The van der Waals surface area contributed by atoms with Gasteiger partial charge in [-0.3, -0.25) is 14.9 Å². The molecule has 1 aliphatic rings. The predicted octanol–water partition coefficient (Wildman–Crippen LogP) is 2.52. The first-order valence-electron chi connectivity index (χ1n) is 6.12. The van der Waals surface area contributed by atoms with E-state index in [9.17, 15) is 14.9 Å². The summed E-state index contributed by atoms with van der Waals surface area (Å²) in [6.07, 6.45) is 3.03. The minimum Gasteiger partial charge on any atom is -0.338 e. The summed E-state index contributed by atoms with van der Waals surface area (Å²) in [6, 6.07) is 1.19. The number of amides is 1. The molecular formula is C12H14ClN3O3. The zero-order valence-corrected chi connectivity index (χ0v) is 11.3. The summed E-state index contributed by atoms with van der Waals surface area (Å²) in [5.74, 6) is 0.214. The van der Waals surface area contributed by atoms with Crippen molar-refractivity contribution >= 4 is 23.2 Å². The number of nitro groups is 1. The summed E-state index contributed by atoms with van der Waals surface area (Å²) in [5.41, 5.74) is -0.119. The molecule has 0 bridgehead atoms. The Balaban J connectivity index is 2.24. The van der Waals surface area contributed by atoms with Crippen LogP contribution in [0.3, 0.4) is 0 Å². The number of pyridine rings is 1. The van der Waals surface area contributed by atoms with Crippen LogP contribution in [0.4, 0.5) is 5.69 Å². The van der Waals surface area contributed by atoms with Gasteiger partial charge in [-0.2, -0.15) is 0 Å². The van der Waals surface area contributed by atoms with E-state index < -0.39 is 4.92 Å². The van der Waals surface area contributed by atoms with Crippen molar-refractivity contribution in [3.63, 3.8) is 0 Å². The standard InChI is InChI=1S/C12H14ClN3O3/c1-2-8-3-4-15(7-8)12(17)10-5-9(16(18)19)6-14-11(10)13/h5-6,8H,2-4,7H2,1H3. The van der Waals surface area contributed by atoms with Crippen LogP contribution in [0.1, 0.15) is 30.1 Å². The van der Waals surface area contributed by atoms with E-state index in [0.717, 1.165) is 19.0 Å². The van der Waals surface area contributed by atoms with Gasteiger partial charge in [0.25, 0.3) is 11.6 Å². The number of hydrogen-bond acceptors (Lipinski definition) is 4. The van der Waals surface area contributed by atoms with E-state index in [0.29, 0.717) is 19.0 Å². The van der Waals surface area contributed by atoms with Crippen molar-refractivity contribution in [3.05, 3.63) is 33.1 Å². The van der Waals surface area contributed by atoms with Gasteiger partial charge in [0.1, 0.15) is 11.3 Å². The second kappa shape index (κ2) is 5.52. The topological polar surface area (TPSA) is 76.3 Å². The molecule has 1 saturated heterocycles. The van der Waals surface area contributed by atoms with Crippen LogP contribution >= 0.6 is 11.6 Å². The molecule has 1 unspecified atom stereocenters. The van der Waals surface area contributed by atoms with Gasteiger partial charge in [-0.05, 0) is 12.3 Å². The van der Waals surface area contributed by atoms with Crippen molar-refractivity contribution < 1.29 is 9.72 Å². The third-order valence-corrected chi connectivity index (χ3v) is 3.72. The molecule has 0 radical (unpaired) electrons. The largest absolute Gasteiger partial charge is 0.338 e. The highest BCUT2D eigenvalue weighted by Crippen LogP contribution is 2.25. The maximum absolute atomic E-state index is 12.3. The van der Waals surface area contributed by atoms with Crippen molar-refractivity contribution in [3.8, 4) is 0 Å². The SMILES string of the molecule is CCC1CCN(C(=O)c2cc([N+](=O)[O-])cnc2Cl)C1. The Kier molecular flexibility index (Phi) is 3.99. The molecule has 6 nitrogen and oxygen atoms in total. The van der Waals surface area contributed by atoms with E-state index in [1.165, 1.54) is 6.07 Å².